The van der Waals surface area contributed by atoms with Gasteiger partial charge in [0.05, 0.1) is 18.8 Å². The lowest BCUT2D eigenvalue weighted by atomic mass is 9.85. The van der Waals surface area contributed by atoms with Crippen molar-refractivity contribution in [1.82, 2.24) is 25.2 Å². The highest BCUT2D eigenvalue weighted by Gasteiger charge is 2.25. The van der Waals surface area contributed by atoms with Crippen molar-refractivity contribution < 1.29 is 9.05 Å². The summed E-state index contributed by atoms with van der Waals surface area (Å²) in [6.07, 6.45) is 5.60. The van der Waals surface area contributed by atoms with Crippen LogP contribution in [0.5, 0.6) is 0 Å². The van der Waals surface area contributed by atoms with Crippen molar-refractivity contribution in [2.24, 2.45) is 0 Å². The second kappa shape index (κ2) is 6.57. The van der Waals surface area contributed by atoms with Gasteiger partial charge < -0.3 is 9.05 Å². The molecular weight excluding hydrogens is 290 g/mol. The molecule has 0 bridgehead atoms. The van der Waals surface area contributed by atoms with Crippen molar-refractivity contribution in [3.05, 3.63) is 23.4 Å². The Balaban J connectivity index is 1.52. The van der Waals surface area contributed by atoms with E-state index in [0.717, 1.165) is 30.3 Å². The molecule has 3 rings (SSSR count). The Morgan fingerprint density at radius 1 is 1.14 bits per heavy atom. The molecule has 1 aliphatic carbocycles. The highest BCUT2D eigenvalue weighted by molar-refractivity contribution is 7.97. The van der Waals surface area contributed by atoms with Gasteiger partial charge in [-0.2, -0.15) is 21.7 Å². The molecule has 114 valence electrons. The molecule has 0 saturated heterocycles. The maximum atomic E-state index is 5.31. The Labute approximate surface area is 127 Å². The molecule has 2 heterocycles. The molecular formula is C13H19N5O2S. The van der Waals surface area contributed by atoms with Crippen LogP contribution in [0.3, 0.4) is 0 Å². The Morgan fingerprint density at radius 3 is 2.67 bits per heavy atom. The van der Waals surface area contributed by atoms with Crippen molar-refractivity contribution in [2.75, 3.05) is 13.3 Å². The van der Waals surface area contributed by atoms with Crippen LogP contribution >= 0.6 is 11.8 Å². The van der Waals surface area contributed by atoms with E-state index in [1.165, 1.54) is 6.42 Å². The Morgan fingerprint density at radius 2 is 1.95 bits per heavy atom. The fraction of sp³-hybridized carbons (Fsp3) is 0.692. The second-order valence-electron chi connectivity index (χ2n) is 5.39. The third-order valence-electron chi connectivity index (χ3n) is 3.54. The molecule has 2 aromatic rings. The molecule has 0 radical (unpaired) electrons. The van der Waals surface area contributed by atoms with Gasteiger partial charge in [0, 0.05) is 5.92 Å². The standard InChI is InChI=1S/C13H19N5O2S/c1-18(7-12-14-11(8-21-2)17-19-12)6-10-15-13(20-16-10)9-4-3-5-9/h9H,3-8H2,1-2H3. The second-order valence-corrected chi connectivity index (χ2v) is 6.25. The summed E-state index contributed by atoms with van der Waals surface area (Å²) in [4.78, 5) is 10.8. The van der Waals surface area contributed by atoms with E-state index >= 15 is 0 Å². The van der Waals surface area contributed by atoms with E-state index < -0.39 is 0 Å². The number of rotatable bonds is 7. The molecule has 0 N–H and O–H groups in total. The molecule has 0 amide bonds. The van der Waals surface area contributed by atoms with Gasteiger partial charge in [0.25, 0.3) is 0 Å². The topological polar surface area (TPSA) is 81.1 Å². The van der Waals surface area contributed by atoms with E-state index in [9.17, 15) is 0 Å². The van der Waals surface area contributed by atoms with Crippen molar-refractivity contribution in [3.8, 4) is 0 Å². The Hall–Kier alpha value is -1.41. The highest BCUT2D eigenvalue weighted by Crippen LogP contribution is 2.35. The Kier molecular flexibility index (Phi) is 4.54. The van der Waals surface area contributed by atoms with Crippen molar-refractivity contribution in [2.45, 2.75) is 44.0 Å². The third-order valence-corrected chi connectivity index (χ3v) is 4.09. The first kappa shape index (κ1) is 14.5. The van der Waals surface area contributed by atoms with Crippen LogP contribution in [0.15, 0.2) is 9.05 Å². The fourth-order valence-corrected chi connectivity index (χ4v) is 2.60. The minimum absolute atomic E-state index is 0.474. The average molecular weight is 309 g/mol. The molecule has 7 nitrogen and oxygen atoms in total. The molecule has 1 aliphatic rings. The SMILES string of the molecule is CSCc1noc(CN(C)Cc2noc(C3CCC3)n2)n1. The summed E-state index contributed by atoms with van der Waals surface area (Å²) in [5.41, 5.74) is 0. The maximum absolute atomic E-state index is 5.31. The van der Waals surface area contributed by atoms with Crippen molar-refractivity contribution in [1.29, 1.82) is 0 Å². The minimum atomic E-state index is 0.474. The summed E-state index contributed by atoms with van der Waals surface area (Å²) < 4.78 is 10.5. The number of nitrogens with zero attached hydrogens (tertiary/aromatic N) is 5. The summed E-state index contributed by atoms with van der Waals surface area (Å²) in [5, 5.41) is 7.97. The fourth-order valence-electron chi connectivity index (χ4n) is 2.22. The third kappa shape index (κ3) is 3.62. The predicted molar refractivity (Wildman–Crippen MR) is 77.6 cm³/mol. The van der Waals surface area contributed by atoms with Crippen molar-refractivity contribution in [3.63, 3.8) is 0 Å². The summed E-state index contributed by atoms with van der Waals surface area (Å²) in [7, 11) is 1.97. The van der Waals surface area contributed by atoms with Gasteiger partial charge in [-0.1, -0.05) is 16.7 Å². The number of hydrogen-bond acceptors (Lipinski definition) is 8. The largest absolute Gasteiger partial charge is 0.339 e. The number of thioether (sulfide) groups is 1. The summed E-state index contributed by atoms with van der Waals surface area (Å²) in [6, 6.07) is 0. The van der Waals surface area contributed by atoms with Gasteiger partial charge in [-0.15, -0.1) is 0 Å². The smallest absolute Gasteiger partial charge is 0.240 e. The first-order chi connectivity index (χ1) is 10.2. The van der Waals surface area contributed by atoms with Crippen LogP contribution < -0.4 is 0 Å². The lowest BCUT2D eigenvalue weighted by Crippen LogP contribution is -2.18. The quantitative estimate of drug-likeness (QED) is 0.770. The zero-order valence-corrected chi connectivity index (χ0v) is 13.1. The number of aromatic nitrogens is 4. The molecule has 1 saturated carbocycles. The van der Waals surface area contributed by atoms with Gasteiger partial charge in [0.1, 0.15) is 0 Å². The summed E-state index contributed by atoms with van der Waals surface area (Å²) >= 11 is 1.67. The van der Waals surface area contributed by atoms with Crippen molar-refractivity contribution >= 4 is 11.8 Å². The maximum Gasteiger partial charge on any atom is 0.240 e. The molecule has 2 aromatic heterocycles. The van der Waals surface area contributed by atoms with Gasteiger partial charge in [-0.05, 0) is 26.1 Å². The van der Waals surface area contributed by atoms with Crippen LogP contribution in [0.4, 0.5) is 0 Å². The van der Waals surface area contributed by atoms with E-state index in [2.05, 4.69) is 20.3 Å². The Bertz CT molecular complexity index is 581. The van der Waals surface area contributed by atoms with Gasteiger partial charge in [-0.3, -0.25) is 4.90 Å². The molecule has 0 atom stereocenters. The summed E-state index contributed by atoms with van der Waals surface area (Å²) in [5.74, 6) is 4.08. The highest BCUT2D eigenvalue weighted by atomic mass is 32.2. The molecule has 0 aliphatic heterocycles. The minimum Gasteiger partial charge on any atom is -0.339 e. The zero-order chi connectivity index (χ0) is 14.7. The first-order valence-electron chi connectivity index (χ1n) is 7.06. The van der Waals surface area contributed by atoms with E-state index in [1.54, 1.807) is 11.8 Å². The number of hydrogen-bond donors (Lipinski definition) is 0. The van der Waals surface area contributed by atoms with E-state index in [-0.39, 0.29) is 0 Å². The van der Waals surface area contributed by atoms with Crippen LogP contribution in [0.1, 0.15) is 48.6 Å². The lowest BCUT2D eigenvalue weighted by Gasteiger charge is -2.20. The normalized spacial score (nSPS) is 15.6. The van der Waals surface area contributed by atoms with Crippen LogP contribution in [-0.2, 0) is 18.8 Å². The van der Waals surface area contributed by atoms with E-state index in [4.69, 9.17) is 9.05 Å². The van der Waals surface area contributed by atoms with E-state index in [0.29, 0.717) is 30.7 Å². The zero-order valence-electron chi connectivity index (χ0n) is 12.3. The molecule has 0 aromatic carbocycles. The molecule has 21 heavy (non-hydrogen) atoms. The van der Waals surface area contributed by atoms with Gasteiger partial charge >= 0.3 is 0 Å². The van der Waals surface area contributed by atoms with Crippen LogP contribution in [0.25, 0.3) is 0 Å². The molecule has 8 heteroatoms. The first-order valence-corrected chi connectivity index (χ1v) is 8.45. The summed E-state index contributed by atoms with van der Waals surface area (Å²) in [6.45, 7) is 1.19. The van der Waals surface area contributed by atoms with Crippen LogP contribution in [-0.4, -0.2) is 38.5 Å². The van der Waals surface area contributed by atoms with Crippen LogP contribution in [0, 0.1) is 0 Å². The van der Waals surface area contributed by atoms with E-state index in [1.807, 2.05) is 18.2 Å². The van der Waals surface area contributed by atoms with Gasteiger partial charge in [0.15, 0.2) is 11.6 Å². The average Bonchev–Trinajstić information content (AvgIpc) is 2.98. The predicted octanol–water partition coefficient (Wildman–Crippen LogP) is 2.22. The lowest BCUT2D eigenvalue weighted by molar-refractivity contribution is 0.250. The van der Waals surface area contributed by atoms with Crippen LogP contribution in [0.2, 0.25) is 0 Å². The molecule has 1 fully saturated rings. The monoisotopic (exact) mass is 309 g/mol. The molecule has 0 spiro atoms. The van der Waals surface area contributed by atoms with Gasteiger partial charge in [-0.25, -0.2) is 0 Å². The molecule has 0 unspecified atom stereocenters. The van der Waals surface area contributed by atoms with Gasteiger partial charge in [0.2, 0.25) is 11.8 Å².